The fraction of sp³-hybridized carbons (Fsp3) is 0.125. The normalized spacial score (nSPS) is 10.8. The maximum atomic E-state index is 13.1. The van der Waals surface area contributed by atoms with Gasteiger partial charge in [0.1, 0.15) is 0 Å². The molecular weight excluding hydrogens is 586 g/mol. The Balaban J connectivity index is 1.48. The van der Waals surface area contributed by atoms with E-state index in [1.165, 1.54) is 26.6 Å². The standard InChI is InChI=1S/C32H30ClN5O6/c1-41-27-13-9-20(15-29(27)43-3)18-34-37-31(39)23-7-5-6-8-25(23)36-26-17-22(33)11-12-24(26)32(40)38-35-19-21-10-14-28(42-2)30(16-21)44-4/h5-19,36H,1-4H3,(H,37,39)(H,38,40)/b34-18+,35-19+. The van der Waals surface area contributed by atoms with Crippen LogP contribution in [-0.2, 0) is 0 Å². The molecule has 0 aliphatic carbocycles. The van der Waals surface area contributed by atoms with E-state index in [2.05, 4.69) is 26.4 Å². The Morgan fingerprint density at radius 1 is 0.614 bits per heavy atom. The minimum atomic E-state index is -0.498. The smallest absolute Gasteiger partial charge is 0.273 e. The van der Waals surface area contributed by atoms with Crippen molar-refractivity contribution < 1.29 is 28.5 Å². The zero-order valence-corrected chi connectivity index (χ0v) is 25.1. The highest BCUT2D eigenvalue weighted by atomic mass is 35.5. The average molecular weight is 616 g/mol. The molecule has 0 fully saturated rings. The van der Waals surface area contributed by atoms with Gasteiger partial charge in [-0.1, -0.05) is 23.7 Å². The minimum absolute atomic E-state index is 0.251. The summed E-state index contributed by atoms with van der Waals surface area (Å²) in [6.45, 7) is 0. The van der Waals surface area contributed by atoms with E-state index in [1.54, 1.807) is 93.1 Å². The van der Waals surface area contributed by atoms with Crippen LogP contribution in [0, 0.1) is 0 Å². The van der Waals surface area contributed by atoms with Gasteiger partial charge in [-0.15, -0.1) is 0 Å². The molecule has 12 heteroatoms. The third-order valence-corrected chi connectivity index (χ3v) is 6.48. The SMILES string of the molecule is COc1ccc(/C=N/NC(=O)c2ccccc2Nc2cc(Cl)ccc2C(=O)N/N=C/c2ccc(OC)c(OC)c2)cc1OC. The van der Waals surface area contributed by atoms with Crippen LogP contribution in [0.5, 0.6) is 23.0 Å². The van der Waals surface area contributed by atoms with Crippen molar-refractivity contribution in [3.8, 4) is 23.0 Å². The quantitative estimate of drug-likeness (QED) is 0.139. The number of para-hydroxylation sites is 1. The highest BCUT2D eigenvalue weighted by Gasteiger charge is 2.16. The number of anilines is 2. The van der Waals surface area contributed by atoms with Crippen molar-refractivity contribution in [1.29, 1.82) is 0 Å². The molecule has 0 atom stereocenters. The lowest BCUT2D eigenvalue weighted by molar-refractivity contribution is 0.0948. The number of ether oxygens (including phenoxy) is 4. The number of methoxy groups -OCH3 is 4. The topological polar surface area (TPSA) is 132 Å². The predicted octanol–water partition coefficient (Wildman–Crippen LogP) is 5.65. The Labute approximate surface area is 259 Å². The van der Waals surface area contributed by atoms with Gasteiger partial charge in [-0.3, -0.25) is 9.59 Å². The molecule has 4 aromatic carbocycles. The first-order valence-corrected chi connectivity index (χ1v) is 13.5. The molecule has 3 N–H and O–H groups in total. The van der Waals surface area contributed by atoms with Crippen LogP contribution >= 0.6 is 11.6 Å². The number of rotatable bonds is 12. The van der Waals surface area contributed by atoms with E-state index in [4.69, 9.17) is 30.5 Å². The number of benzene rings is 4. The number of nitrogens with zero attached hydrogens (tertiary/aromatic N) is 2. The van der Waals surface area contributed by atoms with E-state index in [-0.39, 0.29) is 11.1 Å². The van der Waals surface area contributed by atoms with Gasteiger partial charge in [0, 0.05) is 5.02 Å². The lowest BCUT2D eigenvalue weighted by atomic mass is 10.1. The first kappa shape index (κ1) is 31.4. The molecule has 0 saturated heterocycles. The maximum Gasteiger partial charge on any atom is 0.273 e. The summed E-state index contributed by atoms with van der Waals surface area (Å²) in [5.74, 6) is 1.24. The van der Waals surface area contributed by atoms with Crippen molar-refractivity contribution in [2.45, 2.75) is 0 Å². The van der Waals surface area contributed by atoms with Crippen LogP contribution in [-0.4, -0.2) is 52.7 Å². The number of amides is 2. The van der Waals surface area contributed by atoms with Crippen LogP contribution in [0.3, 0.4) is 0 Å². The highest BCUT2D eigenvalue weighted by Crippen LogP contribution is 2.29. The molecule has 0 bridgehead atoms. The predicted molar refractivity (Wildman–Crippen MR) is 170 cm³/mol. The van der Waals surface area contributed by atoms with Crippen LogP contribution in [0.1, 0.15) is 31.8 Å². The fourth-order valence-electron chi connectivity index (χ4n) is 4.07. The van der Waals surface area contributed by atoms with Crippen molar-refractivity contribution in [3.63, 3.8) is 0 Å². The Morgan fingerprint density at radius 2 is 1.11 bits per heavy atom. The fourth-order valence-corrected chi connectivity index (χ4v) is 4.24. The molecule has 226 valence electrons. The number of hydrogen-bond donors (Lipinski definition) is 3. The monoisotopic (exact) mass is 615 g/mol. The minimum Gasteiger partial charge on any atom is -0.493 e. The van der Waals surface area contributed by atoms with Gasteiger partial charge in [0.05, 0.1) is 63.4 Å². The van der Waals surface area contributed by atoms with Crippen molar-refractivity contribution in [2.75, 3.05) is 33.8 Å². The molecule has 2 amide bonds. The molecule has 4 rings (SSSR count). The maximum absolute atomic E-state index is 13.1. The van der Waals surface area contributed by atoms with Crippen molar-refractivity contribution in [1.82, 2.24) is 10.9 Å². The third-order valence-electron chi connectivity index (χ3n) is 6.24. The van der Waals surface area contributed by atoms with Gasteiger partial charge in [-0.05, 0) is 77.9 Å². The van der Waals surface area contributed by atoms with Crippen molar-refractivity contribution >= 4 is 47.2 Å². The van der Waals surface area contributed by atoms with Gasteiger partial charge in [0.2, 0.25) is 0 Å². The molecule has 44 heavy (non-hydrogen) atoms. The number of nitrogens with one attached hydrogen (secondary N) is 3. The van der Waals surface area contributed by atoms with E-state index in [0.29, 0.717) is 50.5 Å². The van der Waals surface area contributed by atoms with Gasteiger partial charge < -0.3 is 24.3 Å². The second kappa shape index (κ2) is 15.1. The zero-order chi connectivity index (χ0) is 31.5. The average Bonchev–Trinajstić information content (AvgIpc) is 3.04. The van der Waals surface area contributed by atoms with E-state index in [1.807, 2.05) is 0 Å². The summed E-state index contributed by atoms with van der Waals surface area (Å²) in [7, 11) is 6.16. The van der Waals surface area contributed by atoms with Gasteiger partial charge in [-0.2, -0.15) is 10.2 Å². The largest absolute Gasteiger partial charge is 0.493 e. The molecule has 0 aliphatic heterocycles. The number of hydrogen-bond acceptors (Lipinski definition) is 9. The third kappa shape index (κ3) is 7.84. The summed E-state index contributed by atoms with van der Waals surface area (Å²) in [5.41, 5.74) is 7.75. The first-order valence-electron chi connectivity index (χ1n) is 13.1. The molecule has 0 unspecified atom stereocenters. The van der Waals surface area contributed by atoms with Crippen LogP contribution in [0.25, 0.3) is 0 Å². The second-order valence-electron chi connectivity index (χ2n) is 8.99. The zero-order valence-electron chi connectivity index (χ0n) is 24.4. The Hall–Kier alpha value is -5.55. The summed E-state index contributed by atoms with van der Waals surface area (Å²) < 4.78 is 21.1. The summed E-state index contributed by atoms with van der Waals surface area (Å²) >= 11 is 6.26. The summed E-state index contributed by atoms with van der Waals surface area (Å²) in [6, 6.07) is 22.0. The van der Waals surface area contributed by atoms with Crippen molar-refractivity contribution in [2.24, 2.45) is 10.2 Å². The van der Waals surface area contributed by atoms with Gasteiger partial charge in [0.25, 0.3) is 11.8 Å². The van der Waals surface area contributed by atoms with Gasteiger partial charge in [0.15, 0.2) is 23.0 Å². The van der Waals surface area contributed by atoms with Crippen LogP contribution in [0.2, 0.25) is 5.02 Å². The molecule has 11 nitrogen and oxygen atoms in total. The number of halogens is 1. The Bertz CT molecular complexity index is 1710. The molecule has 0 saturated carbocycles. The lowest BCUT2D eigenvalue weighted by Crippen LogP contribution is -2.20. The number of carbonyl (C=O) groups is 2. The molecule has 0 aromatic heterocycles. The van der Waals surface area contributed by atoms with Gasteiger partial charge in [-0.25, -0.2) is 10.9 Å². The van der Waals surface area contributed by atoms with E-state index >= 15 is 0 Å². The molecular formula is C32H30ClN5O6. The lowest BCUT2D eigenvalue weighted by Gasteiger charge is -2.14. The van der Waals surface area contributed by atoms with Crippen LogP contribution < -0.4 is 35.1 Å². The molecule has 0 radical (unpaired) electrons. The van der Waals surface area contributed by atoms with Crippen LogP contribution in [0.15, 0.2) is 89.1 Å². The summed E-state index contributed by atoms with van der Waals surface area (Å²) in [4.78, 5) is 26.2. The van der Waals surface area contributed by atoms with E-state index in [0.717, 1.165) is 0 Å². The van der Waals surface area contributed by atoms with Gasteiger partial charge >= 0.3 is 0 Å². The van der Waals surface area contributed by atoms with Crippen LogP contribution in [0.4, 0.5) is 11.4 Å². The Morgan fingerprint density at radius 3 is 1.64 bits per heavy atom. The van der Waals surface area contributed by atoms with E-state index < -0.39 is 11.8 Å². The second-order valence-corrected chi connectivity index (χ2v) is 9.42. The molecule has 0 spiro atoms. The number of carbonyl (C=O) groups excluding carboxylic acids is 2. The number of hydrazone groups is 2. The molecule has 0 aliphatic rings. The highest BCUT2D eigenvalue weighted by molar-refractivity contribution is 6.31. The first-order chi connectivity index (χ1) is 21.4. The summed E-state index contributed by atoms with van der Waals surface area (Å²) in [6.07, 6.45) is 2.96. The van der Waals surface area contributed by atoms with Crippen molar-refractivity contribution in [3.05, 3.63) is 106 Å². The molecule has 0 heterocycles. The summed E-state index contributed by atoms with van der Waals surface area (Å²) in [5, 5.41) is 11.7. The molecule has 4 aromatic rings. The Kier molecular flexibility index (Phi) is 10.8. The van der Waals surface area contributed by atoms with E-state index in [9.17, 15) is 9.59 Å².